The van der Waals surface area contributed by atoms with Crippen LogP contribution in [-0.4, -0.2) is 47.9 Å². The molecule has 1 saturated heterocycles. The molecule has 2 N–H and O–H groups in total. The first-order valence-corrected chi connectivity index (χ1v) is 10.4. The fourth-order valence-corrected chi connectivity index (χ4v) is 4.06. The van der Waals surface area contributed by atoms with E-state index in [1.54, 1.807) is 0 Å². The summed E-state index contributed by atoms with van der Waals surface area (Å²) in [5.74, 6) is 0.503. The van der Waals surface area contributed by atoms with E-state index in [2.05, 4.69) is 55.1 Å². The van der Waals surface area contributed by atoms with E-state index in [4.69, 9.17) is 17.3 Å². The number of piperazine rings is 1. The van der Waals surface area contributed by atoms with E-state index >= 15 is 0 Å². The second-order valence-corrected chi connectivity index (χ2v) is 8.40. The van der Waals surface area contributed by atoms with Gasteiger partial charge in [-0.05, 0) is 35.6 Å². The molecule has 4 nitrogen and oxygen atoms in total. The van der Waals surface area contributed by atoms with Gasteiger partial charge in [-0.25, -0.2) is 0 Å². The molecular weight excluding hydrogens is 370 g/mol. The molecule has 1 aliphatic heterocycles. The van der Waals surface area contributed by atoms with Gasteiger partial charge in [0.2, 0.25) is 5.91 Å². The van der Waals surface area contributed by atoms with E-state index in [1.807, 2.05) is 23.1 Å². The highest BCUT2D eigenvalue weighted by Gasteiger charge is 2.30. The molecule has 1 heterocycles. The topological polar surface area (TPSA) is 49.6 Å². The van der Waals surface area contributed by atoms with Crippen LogP contribution in [0.3, 0.4) is 0 Å². The molecule has 0 bridgehead atoms. The predicted molar refractivity (Wildman–Crippen MR) is 115 cm³/mol. The average molecular weight is 400 g/mol. The SMILES string of the molecule is CC(C)C[C@H](N)C(=O)N1CCN(C(c2ccccc2)c2ccc(Cl)cc2)CC1. The highest BCUT2D eigenvalue weighted by Crippen LogP contribution is 2.30. The maximum atomic E-state index is 12.7. The standard InChI is InChI=1S/C23H30ClN3O/c1-17(2)16-21(25)23(28)27-14-12-26(13-15-27)22(18-6-4-3-5-7-18)19-8-10-20(24)11-9-19/h3-11,17,21-22H,12-16,25H2,1-2H3/t21-,22?/m0/s1. The van der Waals surface area contributed by atoms with Gasteiger partial charge >= 0.3 is 0 Å². The Morgan fingerprint density at radius 2 is 1.54 bits per heavy atom. The Hall–Kier alpha value is -1.88. The Bertz CT molecular complexity index is 755. The zero-order chi connectivity index (χ0) is 20.1. The van der Waals surface area contributed by atoms with Crippen LogP contribution in [0.4, 0.5) is 0 Å². The Morgan fingerprint density at radius 3 is 2.11 bits per heavy atom. The molecule has 5 heteroatoms. The first-order valence-electron chi connectivity index (χ1n) is 10.0. The maximum absolute atomic E-state index is 12.7. The van der Waals surface area contributed by atoms with Crippen LogP contribution in [0.2, 0.25) is 5.02 Å². The van der Waals surface area contributed by atoms with Gasteiger partial charge < -0.3 is 10.6 Å². The minimum Gasteiger partial charge on any atom is -0.339 e. The van der Waals surface area contributed by atoms with E-state index in [-0.39, 0.29) is 11.9 Å². The zero-order valence-corrected chi connectivity index (χ0v) is 17.5. The van der Waals surface area contributed by atoms with Crippen molar-refractivity contribution in [3.8, 4) is 0 Å². The third-order valence-electron chi connectivity index (χ3n) is 5.33. The lowest BCUT2D eigenvalue weighted by atomic mass is 9.96. The summed E-state index contributed by atoms with van der Waals surface area (Å²) in [7, 11) is 0. The van der Waals surface area contributed by atoms with Crippen LogP contribution in [0.1, 0.15) is 37.4 Å². The molecule has 1 amide bonds. The van der Waals surface area contributed by atoms with Crippen LogP contribution < -0.4 is 5.73 Å². The summed E-state index contributed by atoms with van der Waals surface area (Å²) in [4.78, 5) is 17.0. The van der Waals surface area contributed by atoms with E-state index in [9.17, 15) is 4.79 Å². The number of amides is 1. The number of carbonyl (C=O) groups excluding carboxylic acids is 1. The minimum absolute atomic E-state index is 0.0797. The zero-order valence-electron chi connectivity index (χ0n) is 16.7. The van der Waals surface area contributed by atoms with E-state index < -0.39 is 6.04 Å². The molecular formula is C23H30ClN3O. The van der Waals surface area contributed by atoms with Crippen LogP contribution in [0.25, 0.3) is 0 Å². The molecule has 2 atom stereocenters. The van der Waals surface area contributed by atoms with Gasteiger partial charge in [-0.3, -0.25) is 9.69 Å². The number of hydrogen-bond acceptors (Lipinski definition) is 3. The summed E-state index contributed by atoms with van der Waals surface area (Å²) in [6, 6.07) is 18.3. The highest BCUT2D eigenvalue weighted by molar-refractivity contribution is 6.30. The number of nitrogens with zero attached hydrogens (tertiary/aromatic N) is 2. The van der Waals surface area contributed by atoms with Crippen LogP contribution in [-0.2, 0) is 4.79 Å². The molecule has 2 aromatic carbocycles. The van der Waals surface area contributed by atoms with Crippen LogP contribution in [0.15, 0.2) is 54.6 Å². The number of nitrogens with two attached hydrogens (primary N) is 1. The Labute approximate surface area is 173 Å². The van der Waals surface area contributed by atoms with Gasteiger partial charge in [0.25, 0.3) is 0 Å². The molecule has 1 fully saturated rings. The van der Waals surface area contributed by atoms with Crippen molar-refractivity contribution in [3.63, 3.8) is 0 Å². The van der Waals surface area contributed by atoms with Crippen molar-refractivity contribution in [2.45, 2.75) is 32.4 Å². The normalized spacial score (nSPS) is 17.5. The third-order valence-corrected chi connectivity index (χ3v) is 5.59. The largest absolute Gasteiger partial charge is 0.339 e. The van der Waals surface area contributed by atoms with Crippen molar-refractivity contribution in [2.24, 2.45) is 11.7 Å². The number of rotatable bonds is 6. The summed E-state index contributed by atoms with van der Waals surface area (Å²) < 4.78 is 0. The van der Waals surface area contributed by atoms with Crippen LogP contribution >= 0.6 is 11.6 Å². The number of carbonyl (C=O) groups is 1. The van der Waals surface area contributed by atoms with Crippen molar-refractivity contribution in [3.05, 3.63) is 70.7 Å². The minimum atomic E-state index is -0.396. The van der Waals surface area contributed by atoms with E-state index in [0.717, 1.165) is 24.5 Å². The van der Waals surface area contributed by atoms with Crippen molar-refractivity contribution < 1.29 is 4.79 Å². The summed E-state index contributed by atoms with van der Waals surface area (Å²) in [5, 5.41) is 0.741. The van der Waals surface area contributed by atoms with Gasteiger partial charge in [-0.2, -0.15) is 0 Å². The first kappa shape index (κ1) is 20.8. The lowest BCUT2D eigenvalue weighted by molar-refractivity contribution is -0.135. The molecule has 0 aromatic heterocycles. The quantitative estimate of drug-likeness (QED) is 0.800. The fraction of sp³-hybridized carbons (Fsp3) is 0.435. The molecule has 1 unspecified atom stereocenters. The molecule has 3 rings (SSSR count). The summed E-state index contributed by atoms with van der Waals surface area (Å²) in [6.07, 6.45) is 0.733. The van der Waals surface area contributed by atoms with Gasteiger partial charge in [-0.15, -0.1) is 0 Å². The third kappa shape index (κ3) is 5.13. The second-order valence-electron chi connectivity index (χ2n) is 7.96. The van der Waals surface area contributed by atoms with Crippen molar-refractivity contribution >= 4 is 17.5 Å². The molecule has 0 spiro atoms. The Balaban J connectivity index is 1.73. The van der Waals surface area contributed by atoms with E-state index in [0.29, 0.717) is 19.0 Å². The van der Waals surface area contributed by atoms with Crippen molar-refractivity contribution in [1.29, 1.82) is 0 Å². The Morgan fingerprint density at radius 1 is 0.964 bits per heavy atom. The molecule has 150 valence electrons. The summed E-state index contributed by atoms with van der Waals surface area (Å²) in [6.45, 7) is 7.26. The molecule has 0 aliphatic carbocycles. The highest BCUT2D eigenvalue weighted by atomic mass is 35.5. The molecule has 1 aliphatic rings. The molecule has 28 heavy (non-hydrogen) atoms. The fourth-order valence-electron chi connectivity index (χ4n) is 3.94. The number of hydrogen-bond donors (Lipinski definition) is 1. The van der Waals surface area contributed by atoms with Gasteiger partial charge in [0.15, 0.2) is 0 Å². The molecule has 2 aromatic rings. The average Bonchev–Trinajstić information content (AvgIpc) is 2.70. The second kappa shape index (κ2) is 9.55. The maximum Gasteiger partial charge on any atom is 0.239 e. The van der Waals surface area contributed by atoms with E-state index in [1.165, 1.54) is 11.1 Å². The Kier molecular flexibility index (Phi) is 7.11. The number of halogens is 1. The van der Waals surface area contributed by atoms with Gasteiger partial charge in [0, 0.05) is 31.2 Å². The first-order chi connectivity index (χ1) is 13.5. The van der Waals surface area contributed by atoms with Gasteiger partial charge in [0.05, 0.1) is 12.1 Å². The summed E-state index contributed by atoms with van der Waals surface area (Å²) >= 11 is 6.10. The lowest BCUT2D eigenvalue weighted by Gasteiger charge is -2.40. The molecule has 0 saturated carbocycles. The van der Waals surface area contributed by atoms with Gasteiger partial charge in [0.1, 0.15) is 0 Å². The smallest absolute Gasteiger partial charge is 0.239 e. The monoisotopic (exact) mass is 399 g/mol. The predicted octanol–water partition coefficient (Wildman–Crippen LogP) is 3.95. The van der Waals surface area contributed by atoms with Gasteiger partial charge in [-0.1, -0.05) is 67.9 Å². The van der Waals surface area contributed by atoms with Crippen LogP contribution in [0.5, 0.6) is 0 Å². The van der Waals surface area contributed by atoms with Crippen LogP contribution in [0, 0.1) is 5.92 Å². The summed E-state index contributed by atoms with van der Waals surface area (Å²) in [5.41, 5.74) is 8.59. The van der Waals surface area contributed by atoms with Crippen molar-refractivity contribution in [2.75, 3.05) is 26.2 Å². The van der Waals surface area contributed by atoms with Crippen molar-refractivity contribution in [1.82, 2.24) is 9.80 Å². The lowest BCUT2D eigenvalue weighted by Crippen LogP contribution is -2.54. The number of benzene rings is 2. The molecule has 0 radical (unpaired) electrons.